The third kappa shape index (κ3) is 3.88. The van der Waals surface area contributed by atoms with Crippen molar-refractivity contribution in [2.24, 2.45) is 5.73 Å². The molecule has 0 radical (unpaired) electrons. The van der Waals surface area contributed by atoms with Gasteiger partial charge in [-0.05, 0) is 25.8 Å². The molecule has 0 aromatic heterocycles. The van der Waals surface area contributed by atoms with E-state index in [-0.39, 0.29) is 6.54 Å². The normalized spacial score (nSPS) is 17.8. The van der Waals surface area contributed by atoms with Crippen molar-refractivity contribution in [3.8, 4) is 0 Å². The van der Waals surface area contributed by atoms with E-state index in [1.54, 1.807) is 0 Å². The summed E-state index contributed by atoms with van der Waals surface area (Å²) in [7, 11) is 0. The molecule has 1 fully saturated rings. The minimum atomic E-state index is -2.71. The number of alkyl halides is 2. The fraction of sp³-hybridized carbons (Fsp3) is 1.00. The molecule has 4 heteroatoms. The van der Waals surface area contributed by atoms with Gasteiger partial charge in [0.05, 0.1) is 13.1 Å². The Labute approximate surface area is 84.4 Å². The third-order valence-electron chi connectivity index (χ3n) is 2.60. The first-order valence-electron chi connectivity index (χ1n) is 5.41. The number of nitrogens with two attached hydrogens (primary N) is 1. The smallest absolute Gasteiger partial charge is 0.272 e. The van der Waals surface area contributed by atoms with Crippen molar-refractivity contribution >= 4 is 0 Å². The highest BCUT2D eigenvalue weighted by Crippen LogP contribution is 2.29. The quantitative estimate of drug-likeness (QED) is 0.688. The van der Waals surface area contributed by atoms with Gasteiger partial charge in [0, 0.05) is 6.04 Å². The Bertz CT molecular complexity index is 170. The van der Waals surface area contributed by atoms with Crippen LogP contribution in [-0.4, -0.2) is 36.5 Å². The van der Waals surface area contributed by atoms with Gasteiger partial charge in [0.25, 0.3) is 5.92 Å². The van der Waals surface area contributed by atoms with Crippen molar-refractivity contribution in [3.05, 3.63) is 0 Å². The summed E-state index contributed by atoms with van der Waals surface area (Å²) < 4.78 is 26.1. The minimum absolute atomic E-state index is 0.159. The van der Waals surface area contributed by atoms with Crippen LogP contribution in [0.5, 0.6) is 0 Å². The topological polar surface area (TPSA) is 29.3 Å². The number of hydrogen-bond donors (Lipinski definition) is 1. The highest BCUT2D eigenvalue weighted by atomic mass is 19.3. The van der Waals surface area contributed by atoms with Gasteiger partial charge in [-0.2, -0.15) is 0 Å². The summed E-state index contributed by atoms with van der Waals surface area (Å²) in [5, 5.41) is 0. The van der Waals surface area contributed by atoms with Crippen LogP contribution < -0.4 is 5.73 Å². The molecule has 0 saturated heterocycles. The van der Waals surface area contributed by atoms with Gasteiger partial charge >= 0.3 is 0 Å². The molecule has 1 rings (SSSR count). The molecule has 0 aliphatic heterocycles. The summed E-state index contributed by atoms with van der Waals surface area (Å²) in [4.78, 5) is 1.90. The molecule has 14 heavy (non-hydrogen) atoms. The zero-order valence-electron chi connectivity index (χ0n) is 8.81. The standard InChI is InChI=1S/C10H20F2N2/c1-2-3-6-14(9-4-5-9)8-10(11,12)7-13/h9H,2-8,13H2,1H3. The maximum Gasteiger partial charge on any atom is 0.272 e. The molecule has 0 heterocycles. The van der Waals surface area contributed by atoms with Gasteiger partial charge in [-0.25, -0.2) is 8.78 Å². The Balaban J connectivity index is 2.34. The van der Waals surface area contributed by atoms with Crippen LogP contribution in [0, 0.1) is 0 Å². The minimum Gasteiger partial charge on any atom is -0.325 e. The number of hydrogen-bond acceptors (Lipinski definition) is 2. The first kappa shape index (κ1) is 11.9. The fourth-order valence-electron chi connectivity index (χ4n) is 1.55. The highest BCUT2D eigenvalue weighted by molar-refractivity contribution is 4.87. The molecule has 0 bridgehead atoms. The summed E-state index contributed by atoms with van der Waals surface area (Å²) >= 11 is 0. The summed E-state index contributed by atoms with van der Waals surface area (Å²) in [6.45, 7) is 2.17. The van der Waals surface area contributed by atoms with Gasteiger partial charge in [-0.1, -0.05) is 13.3 Å². The van der Waals surface area contributed by atoms with E-state index in [9.17, 15) is 8.78 Å². The lowest BCUT2D eigenvalue weighted by Gasteiger charge is -2.26. The average molecular weight is 206 g/mol. The van der Waals surface area contributed by atoms with Gasteiger partial charge in [-0.15, -0.1) is 0 Å². The van der Waals surface area contributed by atoms with Crippen LogP contribution in [0.4, 0.5) is 8.78 Å². The van der Waals surface area contributed by atoms with Crippen LogP contribution in [0.25, 0.3) is 0 Å². The van der Waals surface area contributed by atoms with Crippen molar-refractivity contribution in [2.75, 3.05) is 19.6 Å². The number of rotatable bonds is 7. The van der Waals surface area contributed by atoms with Gasteiger partial charge < -0.3 is 5.73 Å². The maximum absolute atomic E-state index is 13.1. The molecule has 0 aromatic rings. The first-order valence-corrected chi connectivity index (χ1v) is 5.41. The van der Waals surface area contributed by atoms with Crippen LogP contribution in [-0.2, 0) is 0 Å². The molecule has 0 atom stereocenters. The van der Waals surface area contributed by atoms with Crippen LogP contribution >= 0.6 is 0 Å². The molecule has 0 aromatic carbocycles. The summed E-state index contributed by atoms with van der Waals surface area (Å²) in [5.74, 6) is -2.71. The lowest BCUT2D eigenvalue weighted by atomic mass is 10.2. The molecule has 2 N–H and O–H groups in total. The fourth-order valence-corrected chi connectivity index (χ4v) is 1.55. The average Bonchev–Trinajstić information content (AvgIpc) is 2.95. The second-order valence-corrected chi connectivity index (χ2v) is 4.12. The van der Waals surface area contributed by atoms with Crippen LogP contribution in [0.2, 0.25) is 0 Å². The predicted octanol–water partition coefficient (Wildman–Crippen LogP) is 1.84. The Morgan fingerprint density at radius 1 is 1.43 bits per heavy atom. The Morgan fingerprint density at radius 3 is 2.50 bits per heavy atom. The lowest BCUT2D eigenvalue weighted by Crippen LogP contribution is -2.43. The third-order valence-corrected chi connectivity index (χ3v) is 2.60. The summed E-state index contributed by atoms with van der Waals surface area (Å²) in [6, 6.07) is 0.402. The second kappa shape index (κ2) is 5.03. The number of nitrogens with zero attached hydrogens (tertiary/aromatic N) is 1. The highest BCUT2D eigenvalue weighted by Gasteiger charge is 2.36. The van der Waals surface area contributed by atoms with Crippen molar-refractivity contribution in [1.29, 1.82) is 0 Å². The van der Waals surface area contributed by atoms with Crippen LogP contribution in [0.3, 0.4) is 0 Å². The SMILES string of the molecule is CCCCN(CC(F)(F)CN)C1CC1. The zero-order chi connectivity index (χ0) is 10.6. The molecule has 84 valence electrons. The van der Waals surface area contributed by atoms with Gasteiger partial charge in [-0.3, -0.25) is 4.90 Å². The van der Waals surface area contributed by atoms with Gasteiger partial charge in [0.1, 0.15) is 0 Å². The molecule has 1 saturated carbocycles. The molecule has 0 unspecified atom stereocenters. The maximum atomic E-state index is 13.1. The van der Waals surface area contributed by atoms with E-state index < -0.39 is 12.5 Å². The van der Waals surface area contributed by atoms with E-state index >= 15 is 0 Å². The van der Waals surface area contributed by atoms with E-state index in [4.69, 9.17) is 5.73 Å². The van der Waals surface area contributed by atoms with E-state index in [1.165, 1.54) is 0 Å². The predicted molar refractivity (Wildman–Crippen MR) is 53.5 cm³/mol. The molecular weight excluding hydrogens is 186 g/mol. The van der Waals surface area contributed by atoms with E-state index in [0.29, 0.717) is 6.04 Å². The largest absolute Gasteiger partial charge is 0.325 e. The lowest BCUT2D eigenvalue weighted by molar-refractivity contribution is -0.0259. The summed E-state index contributed by atoms with van der Waals surface area (Å²) in [6.07, 6.45) is 4.20. The zero-order valence-corrected chi connectivity index (χ0v) is 8.81. The van der Waals surface area contributed by atoms with Crippen LogP contribution in [0.15, 0.2) is 0 Å². The van der Waals surface area contributed by atoms with Crippen LogP contribution in [0.1, 0.15) is 32.6 Å². The van der Waals surface area contributed by atoms with E-state index in [1.807, 2.05) is 4.90 Å². The molecule has 0 amide bonds. The van der Waals surface area contributed by atoms with E-state index in [2.05, 4.69) is 6.92 Å². The Kier molecular flexibility index (Phi) is 4.26. The summed E-state index contributed by atoms with van der Waals surface area (Å²) in [5.41, 5.74) is 5.03. The first-order chi connectivity index (χ1) is 6.59. The number of halogens is 2. The van der Waals surface area contributed by atoms with Crippen molar-refractivity contribution in [1.82, 2.24) is 4.90 Å². The molecule has 1 aliphatic rings. The molecule has 0 spiro atoms. The van der Waals surface area contributed by atoms with Gasteiger partial charge in [0.15, 0.2) is 0 Å². The van der Waals surface area contributed by atoms with Crippen molar-refractivity contribution in [2.45, 2.75) is 44.6 Å². The van der Waals surface area contributed by atoms with Crippen molar-refractivity contribution < 1.29 is 8.78 Å². The second-order valence-electron chi connectivity index (χ2n) is 4.12. The number of unbranched alkanes of at least 4 members (excludes halogenated alkanes) is 1. The monoisotopic (exact) mass is 206 g/mol. The molecule has 2 nitrogen and oxygen atoms in total. The molecular formula is C10H20F2N2. The Hall–Kier alpha value is -0.220. The van der Waals surface area contributed by atoms with Gasteiger partial charge in [0.2, 0.25) is 0 Å². The molecule has 1 aliphatic carbocycles. The van der Waals surface area contributed by atoms with E-state index in [0.717, 1.165) is 32.2 Å². The Morgan fingerprint density at radius 2 is 2.07 bits per heavy atom. The van der Waals surface area contributed by atoms with Crippen molar-refractivity contribution in [3.63, 3.8) is 0 Å².